The number of thiazole rings is 1. The lowest BCUT2D eigenvalue weighted by Gasteiger charge is -2.33. The highest BCUT2D eigenvalue weighted by Gasteiger charge is 2.25. The minimum Gasteiger partial charge on any atom is -0.381 e. The first-order valence-corrected chi connectivity index (χ1v) is 8.11. The number of rotatable bonds is 5. The molecular weight excluding hydrogens is 274 g/mol. The Morgan fingerprint density at radius 3 is 3.25 bits per heavy atom. The maximum atomic E-state index is 12.3. The number of urea groups is 1. The molecule has 0 unspecified atom stereocenters. The maximum Gasteiger partial charge on any atom is 0.317 e. The lowest BCUT2D eigenvalue weighted by molar-refractivity contribution is 0.0752. The first-order chi connectivity index (χ1) is 9.70. The highest BCUT2D eigenvalue weighted by atomic mass is 32.1. The number of carbonyl (C=O) groups is 1. The number of nitrogens with one attached hydrogen (secondary N) is 1. The fourth-order valence-electron chi connectivity index (χ4n) is 2.46. The van der Waals surface area contributed by atoms with Gasteiger partial charge in [0, 0.05) is 37.2 Å². The van der Waals surface area contributed by atoms with E-state index < -0.39 is 0 Å². The second-order valence-corrected chi connectivity index (χ2v) is 6.08. The van der Waals surface area contributed by atoms with Crippen LogP contribution in [-0.4, -0.2) is 42.2 Å². The van der Waals surface area contributed by atoms with Crippen molar-refractivity contribution in [2.24, 2.45) is 5.92 Å². The van der Waals surface area contributed by atoms with Crippen molar-refractivity contribution in [3.8, 4) is 0 Å². The van der Waals surface area contributed by atoms with Gasteiger partial charge in [-0.15, -0.1) is 11.3 Å². The average Bonchev–Trinajstić information content (AvgIpc) is 2.99. The molecule has 0 aliphatic carbocycles. The van der Waals surface area contributed by atoms with Gasteiger partial charge in [-0.3, -0.25) is 0 Å². The SMILES string of the molecule is CCOC[C@H]1CCCN(C(=O)N[C@@H](C)c2nccs2)C1. The lowest BCUT2D eigenvalue weighted by Crippen LogP contribution is -2.46. The molecule has 0 radical (unpaired) electrons. The third-order valence-electron chi connectivity index (χ3n) is 3.53. The number of nitrogens with zero attached hydrogens (tertiary/aromatic N) is 2. The molecule has 1 saturated heterocycles. The second kappa shape index (κ2) is 7.59. The second-order valence-electron chi connectivity index (χ2n) is 5.16. The molecule has 112 valence electrons. The molecule has 20 heavy (non-hydrogen) atoms. The van der Waals surface area contributed by atoms with Gasteiger partial charge in [-0.25, -0.2) is 9.78 Å². The van der Waals surface area contributed by atoms with Crippen molar-refractivity contribution in [2.75, 3.05) is 26.3 Å². The Labute approximate surface area is 124 Å². The normalized spacial score (nSPS) is 20.7. The van der Waals surface area contributed by atoms with Crippen LogP contribution in [0.4, 0.5) is 4.79 Å². The van der Waals surface area contributed by atoms with Crippen LogP contribution in [0.3, 0.4) is 0 Å². The molecule has 0 aromatic carbocycles. The van der Waals surface area contributed by atoms with Crippen molar-refractivity contribution < 1.29 is 9.53 Å². The van der Waals surface area contributed by atoms with Gasteiger partial charge in [0.05, 0.1) is 12.6 Å². The van der Waals surface area contributed by atoms with Crippen LogP contribution < -0.4 is 5.32 Å². The summed E-state index contributed by atoms with van der Waals surface area (Å²) < 4.78 is 5.47. The first-order valence-electron chi connectivity index (χ1n) is 7.23. The summed E-state index contributed by atoms with van der Waals surface area (Å²) in [7, 11) is 0. The minimum absolute atomic E-state index is 0.00824. The van der Waals surface area contributed by atoms with Crippen LogP contribution >= 0.6 is 11.3 Å². The Kier molecular flexibility index (Phi) is 5.79. The van der Waals surface area contributed by atoms with E-state index in [0.29, 0.717) is 5.92 Å². The molecule has 1 N–H and O–H groups in total. The van der Waals surface area contributed by atoms with Crippen molar-refractivity contribution in [3.63, 3.8) is 0 Å². The minimum atomic E-state index is -0.0326. The Balaban J connectivity index is 1.82. The van der Waals surface area contributed by atoms with Crippen LogP contribution in [0.15, 0.2) is 11.6 Å². The molecule has 0 saturated carbocycles. The van der Waals surface area contributed by atoms with Gasteiger partial charge >= 0.3 is 6.03 Å². The van der Waals surface area contributed by atoms with Crippen LogP contribution in [0.1, 0.15) is 37.7 Å². The van der Waals surface area contributed by atoms with E-state index in [2.05, 4.69) is 10.3 Å². The number of ether oxygens (including phenoxy) is 1. The van der Waals surface area contributed by atoms with Gasteiger partial charge < -0.3 is 15.0 Å². The Morgan fingerprint density at radius 2 is 2.55 bits per heavy atom. The van der Waals surface area contributed by atoms with Gasteiger partial charge in [-0.1, -0.05) is 0 Å². The number of likely N-dealkylation sites (tertiary alicyclic amines) is 1. The van der Waals surface area contributed by atoms with Crippen molar-refractivity contribution in [3.05, 3.63) is 16.6 Å². The molecule has 1 fully saturated rings. The predicted molar refractivity (Wildman–Crippen MR) is 79.9 cm³/mol. The van der Waals surface area contributed by atoms with Crippen LogP contribution in [0.5, 0.6) is 0 Å². The highest BCUT2D eigenvalue weighted by Crippen LogP contribution is 2.19. The summed E-state index contributed by atoms with van der Waals surface area (Å²) in [6.45, 7) is 7.09. The topological polar surface area (TPSA) is 54.5 Å². The van der Waals surface area contributed by atoms with Gasteiger partial charge in [0.15, 0.2) is 0 Å². The molecule has 5 nitrogen and oxygen atoms in total. The number of piperidine rings is 1. The molecule has 0 bridgehead atoms. The van der Waals surface area contributed by atoms with Gasteiger partial charge in [0.2, 0.25) is 0 Å². The smallest absolute Gasteiger partial charge is 0.317 e. The standard InChI is InChI=1S/C14H23N3O2S/c1-3-19-10-12-5-4-7-17(9-12)14(18)16-11(2)13-15-6-8-20-13/h6,8,11-12H,3-5,7,9-10H2,1-2H3,(H,16,18)/t11-,12-/m0/s1. The maximum absolute atomic E-state index is 12.3. The molecule has 2 heterocycles. The van der Waals surface area contributed by atoms with Gasteiger partial charge in [0.1, 0.15) is 5.01 Å². The van der Waals surface area contributed by atoms with Crippen LogP contribution in [0.25, 0.3) is 0 Å². The molecule has 2 amide bonds. The van der Waals surface area contributed by atoms with Gasteiger partial charge in [0.25, 0.3) is 0 Å². The summed E-state index contributed by atoms with van der Waals surface area (Å²) in [5.41, 5.74) is 0. The molecule has 1 aliphatic rings. The number of amides is 2. The van der Waals surface area contributed by atoms with Crippen molar-refractivity contribution in [2.45, 2.75) is 32.7 Å². The van der Waals surface area contributed by atoms with E-state index in [1.807, 2.05) is 24.1 Å². The van der Waals surface area contributed by atoms with Gasteiger partial charge in [-0.2, -0.15) is 0 Å². The number of carbonyl (C=O) groups excluding carboxylic acids is 1. The summed E-state index contributed by atoms with van der Waals surface area (Å²) in [5.74, 6) is 0.463. The molecule has 1 aromatic rings. The van der Waals surface area contributed by atoms with E-state index in [1.54, 1.807) is 17.5 Å². The summed E-state index contributed by atoms with van der Waals surface area (Å²) >= 11 is 1.57. The fourth-order valence-corrected chi connectivity index (χ4v) is 3.10. The molecule has 0 spiro atoms. The van der Waals surface area contributed by atoms with Crippen molar-refractivity contribution >= 4 is 17.4 Å². The van der Waals surface area contributed by atoms with Crippen molar-refractivity contribution in [1.82, 2.24) is 15.2 Å². The Morgan fingerprint density at radius 1 is 1.70 bits per heavy atom. The van der Waals surface area contributed by atoms with E-state index in [9.17, 15) is 4.79 Å². The summed E-state index contributed by atoms with van der Waals surface area (Å²) in [6, 6.07) is -0.0244. The van der Waals surface area contributed by atoms with Gasteiger partial charge in [-0.05, 0) is 26.7 Å². The quantitative estimate of drug-likeness (QED) is 0.909. The highest BCUT2D eigenvalue weighted by molar-refractivity contribution is 7.09. The molecule has 1 aliphatic heterocycles. The third kappa shape index (κ3) is 4.18. The van der Waals surface area contributed by atoms with E-state index >= 15 is 0 Å². The van der Waals surface area contributed by atoms with Crippen molar-refractivity contribution in [1.29, 1.82) is 0 Å². The molecule has 2 atom stereocenters. The summed E-state index contributed by atoms with van der Waals surface area (Å²) in [5, 5.41) is 5.90. The molecule has 1 aromatic heterocycles. The average molecular weight is 297 g/mol. The van der Waals surface area contributed by atoms with E-state index in [4.69, 9.17) is 4.74 Å². The van der Waals surface area contributed by atoms with Crippen LogP contribution in [0.2, 0.25) is 0 Å². The molecule has 6 heteroatoms. The fraction of sp³-hybridized carbons (Fsp3) is 0.714. The zero-order chi connectivity index (χ0) is 14.4. The number of hydrogen-bond donors (Lipinski definition) is 1. The molecular formula is C14H23N3O2S. The molecule has 2 rings (SSSR count). The first kappa shape index (κ1) is 15.3. The summed E-state index contributed by atoms with van der Waals surface area (Å²) in [6.07, 6.45) is 3.96. The van der Waals surface area contributed by atoms with Crippen LogP contribution in [0, 0.1) is 5.92 Å². The summed E-state index contributed by atoms with van der Waals surface area (Å²) in [4.78, 5) is 18.4. The van der Waals surface area contributed by atoms with E-state index in [0.717, 1.165) is 44.2 Å². The van der Waals surface area contributed by atoms with E-state index in [-0.39, 0.29) is 12.1 Å². The lowest BCUT2D eigenvalue weighted by atomic mass is 9.99. The largest absolute Gasteiger partial charge is 0.381 e. The predicted octanol–water partition coefficient (Wildman–Crippen LogP) is 2.66. The number of aromatic nitrogens is 1. The Bertz CT molecular complexity index is 411. The van der Waals surface area contributed by atoms with E-state index in [1.165, 1.54) is 0 Å². The third-order valence-corrected chi connectivity index (χ3v) is 4.48. The zero-order valence-corrected chi connectivity index (χ0v) is 13.0. The van der Waals surface area contributed by atoms with Crippen LogP contribution in [-0.2, 0) is 4.74 Å². The monoisotopic (exact) mass is 297 g/mol. The zero-order valence-electron chi connectivity index (χ0n) is 12.2. The number of hydrogen-bond acceptors (Lipinski definition) is 4. The Hall–Kier alpha value is -1.14.